The molecule has 3 rings (SSSR count). The van der Waals surface area contributed by atoms with Crippen molar-refractivity contribution >= 4 is 56.7 Å². The Balaban J connectivity index is 1.48. The van der Waals surface area contributed by atoms with Gasteiger partial charge in [-0.1, -0.05) is 57.9 Å². The zero-order valence-corrected chi connectivity index (χ0v) is 21.9. The molecule has 0 heterocycles. The molecule has 0 fully saturated rings. The van der Waals surface area contributed by atoms with E-state index in [9.17, 15) is 9.59 Å². The van der Waals surface area contributed by atoms with Gasteiger partial charge in [0, 0.05) is 15.9 Å². The van der Waals surface area contributed by atoms with Crippen LogP contribution in [0.5, 0.6) is 11.5 Å². The summed E-state index contributed by atoms with van der Waals surface area (Å²) in [5, 5.41) is 3.05. The molecule has 0 atom stereocenters. The van der Waals surface area contributed by atoms with Crippen LogP contribution in [0.4, 0.5) is 0 Å². The first-order chi connectivity index (χ1) is 16.8. The van der Waals surface area contributed by atoms with Crippen molar-refractivity contribution in [2.75, 3.05) is 13.2 Å². The van der Waals surface area contributed by atoms with Crippen LogP contribution in [0.15, 0.2) is 71.2 Å². The maximum absolute atomic E-state index is 12.8. The second kappa shape index (κ2) is 13.1. The zero-order chi connectivity index (χ0) is 25.2. The van der Waals surface area contributed by atoms with Gasteiger partial charge < -0.3 is 9.47 Å². The highest BCUT2D eigenvalue weighted by molar-refractivity contribution is 9.10. The lowest BCUT2D eigenvalue weighted by molar-refractivity contribution is -0.123. The molecule has 0 spiro atoms. The van der Waals surface area contributed by atoms with Crippen molar-refractivity contribution in [3.63, 3.8) is 0 Å². The minimum atomic E-state index is -0.486. The number of amides is 2. The molecule has 0 radical (unpaired) electrons. The summed E-state index contributed by atoms with van der Waals surface area (Å²) in [6, 6.07) is 20.1. The van der Waals surface area contributed by atoms with Crippen molar-refractivity contribution < 1.29 is 19.1 Å². The Hall–Kier alpha value is -3.14. The summed E-state index contributed by atoms with van der Waals surface area (Å²) in [5.41, 5.74) is 7.13. The van der Waals surface area contributed by atoms with Gasteiger partial charge in [-0.2, -0.15) is 0 Å². The van der Waals surface area contributed by atoms with Gasteiger partial charge in [0.25, 0.3) is 11.8 Å². The molecule has 0 aliphatic rings. The molecule has 10 heteroatoms. The van der Waals surface area contributed by atoms with Gasteiger partial charge in [-0.3, -0.25) is 25.8 Å². The summed E-state index contributed by atoms with van der Waals surface area (Å²) in [4.78, 5) is 24.8. The van der Waals surface area contributed by atoms with Crippen molar-refractivity contribution in [1.29, 1.82) is 0 Å². The first-order valence-corrected chi connectivity index (χ1v) is 12.1. The quantitative estimate of drug-likeness (QED) is 0.265. The number of carbonyl (C=O) groups excluding carboxylic acids is 2. The van der Waals surface area contributed by atoms with Crippen LogP contribution in [0.25, 0.3) is 0 Å². The summed E-state index contributed by atoms with van der Waals surface area (Å²) in [7, 11) is 0. The number of rotatable bonds is 8. The number of ether oxygens (including phenoxy) is 2. The van der Waals surface area contributed by atoms with Crippen LogP contribution in [0.1, 0.15) is 21.5 Å². The number of hydrogen-bond acceptors (Lipinski definition) is 5. The molecule has 3 aromatic rings. The first-order valence-electron chi connectivity index (χ1n) is 10.6. The summed E-state index contributed by atoms with van der Waals surface area (Å²) in [6.07, 6.45) is 0.696. The van der Waals surface area contributed by atoms with Gasteiger partial charge in [0.1, 0.15) is 11.5 Å². The molecular weight excluding hydrogens is 554 g/mol. The van der Waals surface area contributed by atoms with Crippen LogP contribution in [-0.4, -0.2) is 30.1 Å². The largest absolute Gasteiger partial charge is 0.492 e. The average Bonchev–Trinajstić information content (AvgIpc) is 2.85. The molecule has 3 aromatic carbocycles. The Morgan fingerprint density at radius 2 is 1.77 bits per heavy atom. The van der Waals surface area contributed by atoms with E-state index in [0.717, 1.165) is 11.1 Å². The smallest absolute Gasteiger partial charge is 0.276 e. The molecule has 0 aromatic heterocycles. The Kier molecular flexibility index (Phi) is 9.89. The molecule has 0 saturated heterocycles. The second-order valence-electron chi connectivity index (χ2n) is 7.38. The third-order valence-electron chi connectivity index (χ3n) is 4.72. The van der Waals surface area contributed by atoms with Gasteiger partial charge in [0.05, 0.1) is 12.2 Å². The highest BCUT2D eigenvalue weighted by atomic mass is 79.9. The van der Waals surface area contributed by atoms with Crippen LogP contribution in [0.3, 0.4) is 0 Å². The lowest BCUT2D eigenvalue weighted by Crippen LogP contribution is -2.49. The number of thiocarbonyl (C=S) groups is 1. The van der Waals surface area contributed by atoms with Gasteiger partial charge in [0.15, 0.2) is 11.7 Å². The van der Waals surface area contributed by atoms with E-state index in [1.807, 2.05) is 37.3 Å². The summed E-state index contributed by atoms with van der Waals surface area (Å²) < 4.78 is 12.0. The topological polar surface area (TPSA) is 88.7 Å². The fraction of sp³-hybridized carbons (Fsp3) is 0.160. The molecule has 35 heavy (non-hydrogen) atoms. The monoisotopic (exact) mass is 575 g/mol. The van der Waals surface area contributed by atoms with E-state index in [1.54, 1.807) is 36.4 Å². The van der Waals surface area contributed by atoms with Crippen molar-refractivity contribution in [2.45, 2.75) is 13.3 Å². The molecule has 2 amide bonds. The normalized spacial score (nSPS) is 10.3. The number of carbonyl (C=O) groups is 2. The molecule has 7 nitrogen and oxygen atoms in total. The molecule has 0 saturated carbocycles. The van der Waals surface area contributed by atoms with E-state index in [1.165, 1.54) is 0 Å². The van der Waals surface area contributed by atoms with E-state index < -0.39 is 11.8 Å². The van der Waals surface area contributed by atoms with Gasteiger partial charge in [0.2, 0.25) is 0 Å². The van der Waals surface area contributed by atoms with Gasteiger partial charge >= 0.3 is 0 Å². The number of benzene rings is 3. The fourth-order valence-electron chi connectivity index (χ4n) is 2.95. The zero-order valence-electron chi connectivity index (χ0n) is 18.8. The minimum absolute atomic E-state index is 0.0825. The van der Waals surface area contributed by atoms with Crippen molar-refractivity contribution in [3.05, 3.63) is 92.9 Å². The summed E-state index contributed by atoms with van der Waals surface area (Å²) in [5.74, 6) is -0.0465. The third kappa shape index (κ3) is 8.54. The van der Waals surface area contributed by atoms with E-state index in [2.05, 4.69) is 32.1 Å². The number of halogens is 2. The molecule has 0 bridgehead atoms. The summed E-state index contributed by atoms with van der Waals surface area (Å²) >= 11 is 14.5. The Morgan fingerprint density at radius 1 is 1.00 bits per heavy atom. The highest BCUT2D eigenvalue weighted by Crippen LogP contribution is 2.24. The molecule has 0 aliphatic carbocycles. The lowest BCUT2D eigenvalue weighted by Gasteiger charge is -2.14. The van der Waals surface area contributed by atoms with Gasteiger partial charge in [-0.15, -0.1) is 0 Å². The van der Waals surface area contributed by atoms with Crippen molar-refractivity contribution in [3.8, 4) is 11.5 Å². The predicted molar refractivity (Wildman–Crippen MR) is 143 cm³/mol. The van der Waals surface area contributed by atoms with Crippen LogP contribution < -0.4 is 25.6 Å². The van der Waals surface area contributed by atoms with E-state index >= 15 is 0 Å². The van der Waals surface area contributed by atoms with Crippen LogP contribution >= 0.6 is 39.7 Å². The fourth-order valence-corrected chi connectivity index (χ4v) is 3.57. The Labute approximate surface area is 222 Å². The third-order valence-corrected chi connectivity index (χ3v) is 5.84. The van der Waals surface area contributed by atoms with Crippen LogP contribution in [-0.2, 0) is 11.2 Å². The molecular formula is C25H23BrClN3O4S. The maximum atomic E-state index is 12.8. The van der Waals surface area contributed by atoms with Gasteiger partial charge in [-0.05, 0) is 66.7 Å². The minimum Gasteiger partial charge on any atom is -0.492 e. The molecule has 182 valence electrons. The lowest BCUT2D eigenvalue weighted by atomic mass is 10.1. The average molecular weight is 577 g/mol. The van der Waals surface area contributed by atoms with Crippen molar-refractivity contribution in [2.24, 2.45) is 0 Å². The summed E-state index contributed by atoms with van der Waals surface area (Å²) in [6.45, 7) is 1.98. The molecule has 0 unspecified atom stereocenters. The number of aryl methyl sites for hydroxylation is 1. The van der Waals surface area contributed by atoms with E-state index in [-0.39, 0.29) is 11.7 Å². The van der Waals surface area contributed by atoms with Crippen LogP contribution in [0, 0.1) is 6.92 Å². The Bertz CT molecular complexity index is 1210. The van der Waals surface area contributed by atoms with E-state index in [0.29, 0.717) is 39.6 Å². The van der Waals surface area contributed by atoms with E-state index in [4.69, 9.17) is 33.3 Å². The Morgan fingerprint density at radius 3 is 2.51 bits per heavy atom. The maximum Gasteiger partial charge on any atom is 0.276 e. The molecule has 3 N–H and O–H groups in total. The number of hydrogen-bond donors (Lipinski definition) is 3. The van der Waals surface area contributed by atoms with Crippen LogP contribution in [0.2, 0.25) is 5.02 Å². The molecule has 0 aliphatic heterocycles. The number of nitrogens with one attached hydrogen (secondary N) is 3. The standard InChI is InChI=1S/C25H23BrClN3O4S/c1-16-13-19(8-9-21(16)27)34-15-23(31)29-30-25(35)28-24(32)20-14-18(26)7-10-22(20)33-12-11-17-5-3-2-4-6-17/h2-10,13-14H,11-12,15H2,1H3,(H,29,31)(H2,28,30,32,35). The van der Waals surface area contributed by atoms with Gasteiger partial charge in [-0.25, -0.2) is 0 Å². The second-order valence-corrected chi connectivity index (χ2v) is 9.11. The number of hydrazine groups is 1. The predicted octanol–water partition coefficient (Wildman–Crippen LogP) is 4.75. The SMILES string of the molecule is Cc1cc(OCC(=O)NNC(=S)NC(=O)c2cc(Br)ccc2OCCc2ccccc2)ccc1Cl. The highest BCUT2D eigenvalue weighted by Gasteiger charge is 2.15. The first kappa shape index (κ1) is 26.5. The van der Waals surface area contributed by atoms with Crippen molar-refractivity contribution in [1.82, 2.24) is 16.2 Å².